The van der Waals surface area contributed by atoms with Gasteiger partial charge in [-0.1, -0.05) is 6.07 Å². The number of pyridine rings is 1. The standard InChI is InChI=1S/C21H24N2O5/c1-12-8-13(2)10-16(9-12)28-15(4)19(24)18-14(3)17(11-22)20(25)23(21(18)26)6-7-27-5/h8-10,15,26H,6-7H2,1-5H3. The van der Waals surface area contributed by atoms with Gasteiger partial charge in [0, 0.05) is 7.11 Å². The number of benzene rings is 1. The Morgan fingerprint density at radius 1 is 1.25 bits per heavy atom. The van der Waals surface area contributed by atoms with Crippen LogP contribution in [0.3, 0.4) is 0 Å². The van der Waals surface area contributed by atoms with E-state index in [9.17, 15) is 20.0 Å². The third-order valence-corrected chi connectivity index (χ3v) is 4.44. The van der Waals surface area contributed by atoms with Crippen LogP contribution in [0.25, 0.3) is 0 Å². The fourth-order valence-corrected chi connectivity index (χ4v) is 3.10. The Hall–Kier alpha value is -3.11. The number of carbonyl (C=O) groups is 1. The highest BCUT2D eigenvalue weighted by atomic mass is 16.5. The number of nitrogens with zero attached hydrogens (tertiary/aromatic N) is 2. The summed E-state index contributed by atoms with van der Waals surface area (Å²) in [5.41, 5.74) is 1.19. The van der Waals surface area contributed by atoms with Gasteiger partial charge in [-0.15, -0.1) is 0 Å². The number of rotatable bonds is 7. The van der Waals surface area contributed by atoms with Crippen LogP contribution in [0.2, 0.25) is 0 Å². The Kier molecular flexibility index (Phi) is 6.60. The molecule has 0 spiro atoms. The lowest BCUT2D eigenvalue weighted by molar-refractivity contribution is 0.0811. The summed E-state index contributed by atoms with van der Waals surface area (Å²) in [6.07, 6.45) is -0.925. The van der Waals surface area contributed by atoms with Gasteiger partial charge in [-0.2, -0.15) is 5.26 Å². The van der Waals surface area contributed by atoms with E-state index in [-0.39, 0.29) is 29.8 Å². The average molecular weight is 384 g/mol. The van der Waals surface area contributed by atoms with Gasteiger partial charge in [0.05, 0.1) is 18.7 Å². The molecule has 0 fully saturated rings. The maximum absolute atomic E-state index is 13.0. The molecule has 7 heteroatoms. The summed E-state index contributed by atoms with van der Waals surface area (Å²) in [5.74, 6) is -0.472. The van der Waals surface area contributed by atoms with Crippen LogP contribution >= 0.6 is 0 Å². The SMILES string of the molecule is COCCn1c(O)c(C(=O)C(C)Oc2cc(C)cc(C)c2)c(C)c(C#N)c1=O. The van der Waals surface area contributed by atoms with Crippen LogP contribution in [-0.4, -0.2) is 35.3 Å². The minimum atomic E-state index is -0.925. The summed E-state index contributed by atoms with van der Waals surface area (Å²) >= 11 is 0. The van der Waals surface area contributed by atoms with Gasteiger partial charge in [-0.05, 0) is 56.5 Å². The lowest BCUT2D eigenvalue weighted by Crippen LogP contribution is -2.31. The smallest absolute Gasteiger partial charge is 0.271 e. The maximum atomic E-state index is 13.0. The first-order chi connectivity index (χ1) is 13.2. The topological polar surface area (TPSA) is 102 Å². The molecule has 0 aliphatic carbocycles. The molecule has 1 atom stereocenters. The molecule has 148 valence electrons. The normalized spacial score (nSPS) is 11.7. The quantitative estimate of drug-likeness (QED) is 0.737. The van der Waals surface area contributed by atoms with Crippen molar-refractivity contribution in [2.45, 2.75) is 40.3 Å². The molecule has 0 bridgehead atoms. The van der Waals surface area contributed by atoms with Crippen molar-refractivity contribution in [3.05, 3.63) is 56.4 Å². The molecular formula is C21H24N2O5. The fourth-order valence-electron chi connectivity index (χ4n) is 3.10. The largest absolute Gasteiger partial charge is 0.494 e. The molecule has 0 aliphatic rings. The number of nitriles is 1. The number of ether oxygens (including phenoxy) is 2. The average Bonchev–Trinajstić information content (AvgIpc) is 2.61. The van der Waals surface area contributed by atoms with E-state index in [0.29, 0.717) is 5.75 Å². The molecule has 28 heavy (non-hydrogen) atoms. The zero-order valence-corrected chi connectivity index (χ0v) is 16.7. The Labute approximate surface area is 163 Å². The van der Waals surface area contributed by atoms with Crippen LogP contribution in [-0.2, 0) is 11.3 Å². The first-order valence-electron chi connectivity index (χ1n) is 8.85. The minimum absolute atomic E-state index is 0.0166. The number of hydrogen-bond donors (Lipinski definition) is 1. The number of aromatic nitrogens is 1. The summed E-state index contributed by atoms with van der Waals surface area (Å²) in [4.78, 5) is 25.5. The van der Waals surface area contributed by atoms with Crippen molar-refractivity contribution in [3.63, 3.8) is 0 Å². The van der Waals surface area contributed by atoms with Crippen LogP contribution in [0.1, 0.15) is 39.5 Å². The van der Waals surface area contributed by atoms with Crippen molar-refractivity contribution in [2.75, 3.05) is 13.7 Å². The molecule has 1 unspecified atom stereocenters. The molecule has 0 saturated heterocycles. The Morgan fingerprint density at radius 2 is 1.86 bits per heavy atom. The Balaban J connectivity index is 2.48. The summed E-state index contributed by atoms with van der Waals surface area (Å²) in [5, 5.41) is 20.0. The molecular weight excluding hydrogens is 360 g/mol. The van der Waals surface area contributed by atoms with E-state index in [1.54, 1.807) is 6.92 Å². The van der Waals surface area contributed by atoms with Crippen LogP contribution in [0, 0.1) is 32.1 Å². The summed E-state index contributed by atoms with van der Waals surface area (Å²) in [6, 6.07) is 7.43. The third-order valence-electron chi connectivity index (χ3n) is 4.44. The predicted octanol–water partition coefficient (Wildman–Crippen LogP) is 2.65. The van der Waals surface area contributed by atoms with Crippen LogP contribution < -0.4 is 10.3 Å². The maximum Gasteiger partial charge on any atom is 0.271 e. The summed E-state index contributed by atoms with van der Waals surface area (Å²) in [6.45, 7) is 7.04. The van der Waals surface area contributed by atoms with Gasteiger partial charge in [0.25, 0.3) is 5.56 Å². The second kappa shape index (κ2) is 8.72. The molecule has 2 aromatic rings. The molecule has 7 nitrogen and oxygen atoms in total. The van der Waals surface area contributed by atoms with Gasteiger partial charge >= 0.3 is 0 Å². The first-order valence-corrected chi connectivity index (χ1v) is 8.85. The summed E-state index contributed by atoms with van der Waals surface area (Å²) < 4.78 is 11.7. The van der Waals surface area contributed by atoms with Crippen molar-refractivity contribution in [2.24, 2.45) is 0 Å². The van der Waals surface area contributed by atoms with E-state index in [0.717, 1.165) is 15.7 Å². The van der Waals surface area contributed by atoms with E-state index in [2.05, 4.69) is 0 Å². The number of aryl methyl sites for hydroxylation is 2. The van der Waals surface area contributed by atoms with Crippen molar-refractivity contribution >= 4 is 5.78 Å². The van der Waals surface area contributed by atoms with E-state index >= 15 is 0 Å². The fraction of sp³-hybridized carbons (Fsp3) is 0.381. The second-order valence-corrected chi connectivity index (χ2v) is 6.71. The number of aromatic hydroxyl groups is 1. The molecule has 2 rings (SSSR count). The van der Waals surface area contributed by atoms with Gasteiger partial charge in [0.2, 0.25) is 11.7 Å². The van der Waals surface area contributed by atoms with Gasteiger partial charge in [0.1, 0.15) is 17.4 Å². The lowest BCUT2D eigenvalue weighted by atomic mass is 9.99. The lowest BCUT2D eigenvalue weighted by Gasteiger charge is -2.19. The molecule has 0 aliphatic heterocycles. The van der Waals surface area contributed by atoms with Gasteiger partial charge < -0.3 is 14.6 Å². The highest BCUT2D eigenvalue weighted by Gasteiger charge is 2.28. The molecule has 1 aromatic heterocycles. The van der Waals surface area contributed by atoms with Crippen molar-refractivity contribution in [1.82, 2.24) is 4.57 Å². The van der Waals surface area contributed by atoms with Crippen molar-refractivity contribution < 1.29 is 19.4 Å². The molecule has 0 radical (unpaired) electrons. The Morgan fingerprint density at radius 3 is 2.39 bits per heavy atom. The predicted molar refractivity (Wildman–Crippen MR) is 104 cm³/mol. The number of Topliss-reactive ketones (excluding diaryl/α,β-unsaturated/α-hetero) is 1. The zero-order chi connectivity index (χ0) is 21.0. The van der Waals surface area contributed by atoms with E-state index in [1.807, 2.05) is 38.1 Å². The number of carbonyl (C=O) groups excluding carboxylic acids is 1. The monoisotopic (exact) mass is 384 g/mol. The van der Waals surface area contributed by atoms with Gasteiger partial charge in [-0.3, -0.25) is 14.2 Å². The van der Waals surface area contributed by atoms with E-state index in [4.69, 9.17) is 9.47 Å². The van der Waals surface area contributed by atoms with Crippen molar-refractivity contribution in [3.8, 4) is 17.7 Å². The van der Waals surface area contributed by atoms with Crippen LogP contribution in [0.15, 0.2) is 23.0 Å². The Bertz CT molecular complexity index is 981. The molecule has 1 heterocycles. The molecule has 0 saturated carbocycles. The third kappa shape index (κ3) is 4.24. The van der Waals surface area contributed by atoms with Gasteiger partial charge in [-0.25, -0.2) is 0 Å². The van der Waals surface area contributed by atoms with Crippen LogP contribution in [0.5, 0.6) is 11.6 Å². The number of hydrogen-bond acceptors (Lipinski definition) is 6. The van der Waals surface area contributed by atoms with E-state index < -0.39 is 23.3 Å². The molecule has 1 N–H and O–H groups in total. The van der Waals surface area contributed by atoms with Crippen LogP contribution in [0.4, 0.5) is 0 Å². The van der Waals surface area contributed by atoms with Gasteiger partial charge in [0.15, 0.2) is 6.10 Å². The highest BCUT2D eigenvalue weighted by Crippen LogP contribution is 2.25. The molecule has 0 amide bonds. The number of methoxy groups -OCH3 is 1. The van der Waals surface area contributed by atoms with E-state index in [1.165, 1.54) is 14.0 Å². The highest BCUT2D eigenvalue weighted by molar-refractivity contribution is 6.03. The minimum Gasteiger partial charge on any atom is -0.494 e. The second-order valence-electron chi connectivity index (χ2n) is 6.71. The zero-order valence-electron chi connectivity index (χ0n) is 16.7. The first kappa shape index (κ1) is 21.2. The number of ketones is 1. The summed E-state index contributed by atoms with van der Waals surface area (Å²) in [7, 11) is 1.45. The van der Waals surface area contributed by atoms with Crippen molar-refractivity contribution in [1.29, 1.82) is 5.26 Å². The molecule has 1 aromatic carbocycles.